The lowest BCUT2D eigenvalue weighted by Gasteiger charge is -2.30. The van der Waals surface area contributed by atoms with Crippen LogP contribution in [0.5, 0.6) is 17.2 Å². The number of ether oxygens (including phenoxy) is 3. The van der Waals surface area contributed by atoms with Gasteiger partial charge < -0.3 is 19.3 Å². The predicted octanol–water partition coefficient (Wildman–Crippen LogP) is 3.62. The van der Waals surface area contributed by atoms with Crippen LogP contribution >= 0.6 is 0 Å². The summed E-state index contributed by atoms with van der Waals surface area (Å²) in [6.07, 6.45) is 2.87. The Bertz CT molecular complexity index is 841. The van der Waals surface area contributed by atoms with Gasteiger partial charge in [-0.1, -0.05) is 6.92 Å². The first-order valence-corrected chi connectivity index (χ1v) is 11.1. The minimum Gasteiger partial charge on any atom is -0.504 e. The zero-order valence-corrected chi connectivity index (χ0v) is 18.7. The second kappa shape index (κ2) is 10.8. The number of ketones is 1. The van der Waals surface area contributed by atoms with E-state index in [0.717, 1.165) is 36.2 Å². The summed E-state index contributed by atoms with van der Waals surface area (Å²) in [4.78, 5) is 26.0. The number of benzene rings is 1. The first-order chi connectivity index (χ1) is 15.0. The highest BCUT2D eigenvalue weighted by Crippen LogP contribution is 2.46. The van der Waals surface area contributed by atoms with Gasteiger partial charge in [-0.05, 0) is 43.9 Å². The van der Waals surface area contributed by atoms with Crippen molar-refractivity contribution < 1.29 is 28.9 Å². The third-order valence-electron chi connectivity index (χ3n) is 6.01. The molecule has 1 aromatic carbocycles. The number of phenolic OH excluding ortho intramolecular Hbond substituents is 1. The maximum atomic E-state index is 12.0. The predicted molar refractivity (Wildman–Crippen MR) is 118 cm³/mol. The van der Waals surface area contributed by atoms with Crippen LogP contribution in [0.2, 0.25) is 0 Å². The Morgan fingerprint density at radius 2 is 2.06 bits per heavy atom. The van der Waals surface area contributed by atoms with Gasteiger partial charge in [-0.25, -0.2) is 0 Å². The number of hydrogen-bond donors (Lipinski definition) is 1. The van der Waals surface area contributed by atoms with Crippen LogP contribution in [0.1, 0.15) is 62.4 Å². The van der Waals surface area contributed by atoms with Gasteiger partial charge >= 0.3 is 0 Å². The van der Waals surface area contributed by atoms with Gasteiger partial charge in [-0.2, -0.15) is 0 Å². The lowest BCUT2D eigenvalue weighted by molar-refractivity contribution is -0.119. The third kappa shape index (κ3) is 5.46. The normalized spacial score (nSPS) is 19.0. The molecule has 2 heterocycles. The number of hydrogen-bond acceptors (Lipinski definition) is 7. The number of carbonyl (C=O) groups is 2. The monoisotopic (exact) mass is 431 g/mol. The molecule has 7 heteroatoms. The highest BCUT2D eigenvalue weighted by Gasteiger charge is 2.29. The van der Waals surface area contributed by atoms with Crippen LogP contribution < -0.4 is 9.47 Å². The van der Waals surface area contributed by atoms with Gasteiger partial charge in [0.2, 0.25) is 0 Å². The molecule has 0 saturated carbocycles. The minimum atomic E-state index is -0.270. The van der Waals surface area contributed by atoms with Gasteiger partial charge in [-0.3, -0.25) is 14.5 Å². The average Bonchev–Trinajstić information content (AvgIpc) is 2.75. The van der Waals surface area contributed by atoms with Crippen LogP contribution in [0, 0.1) is 0 Å². The molecule has 7 nitrogen and oxygen atoms in total. The minimum absolute atomic E-state index is 0.103. The van der Waals surface area contributed by atoms with E-state index in [0.29, 0.717) is 57.7 Å². The van der Waals surface area contributed by atoms with Crippen LogP contribution in [0.25, 0.3) is 5.57 Å². The van der Waals surface area contributed by atoms with E-state index in [-0.39, 0.29) is 28.9 Å². The van der Waals surface area contributed by atoms with Crippen molar-refractivity contribution in [2.75, 3.05) is 39.5 Å². The highest BCUT2D eigenvalue weighted by molar-refractivity contribution is 5.91. The van der Waals surface area contributed by atoms with Gasteiger partial charge in [0.1, 0.15) is 29.8 Å². The first kappa shape index (κ1) is 23.3. The van der Waals surface area contributed by atoms with E-state index in [1.54, 1.807) is 6.07 Å². The van der Waals surface area contributed by atoms with E-state index in [9.17, 15) is 14.7 Å². The summed E-state index contributed by atoms with van der Waals surface area (Å²) >= 11 is 0. The summed E-state index contributed by atoms with van der Waals surface area (Å²) in [5.74, 6) is 0.694. The van der Waals surface area contributed by atoms with Crippen molar-refractivity contribution in [1.29, 1.82) is 0 Å². The van der Waals surface area contributed by atoms with Crippen molar-refractivity contribution in [3.63, 3.8) is 0 Å². The van der Waals surface area contributed by atoms with E-state index in [4.69, 9.17) is 14.2 Å². The van der Waals surface area contributed by atoms with Crippen molar-refractivity contribution in [3.8, 4) is 17.2 Å². The number of aldehydes is 1. The molecule has 3 rings (SSSR count). The molecule has 1 atom stereocenters. The Morgan fingerprint density at radius 3 is 2.74 bits per heavy atom. The number of fused-ring (bicyclic) bond motifs is 1. The van der Waals surface area contributed by atoms with Gasteiger partial charge in [0.25, 0.3) is 0 Å². The van der Waals surface area contributed by atoms with Crippen LogP contribution in [0.4, 0.5) is 0 Å². The second-order valence-corrected chi connectivity index (χ2v) is 8.13. The fourth-order valence-corrected chi connectivity index (χ4v) is 4.18. The second-order valence-electron chi connectivity index (χ2n) is 8.13. The number of aromatic hydroxyl groups is 1. The summed E-state index contributed by atoms with van der Waals surface area (Å²) in [6.45, 7) is 10.1. The molecule has 1 aromatic rings. The quantitative estimate of drug-likeness (QED) is 0.566. The topological polar surface area (TPSA) is 85.3 Å². The van der Waals surface area contributed by atoms with Crippen molar-refractivity contribution in [2.45, 2.75) is 52.6 Å². The van der Waals surface area contributed by atoms with Gasteiger partial charge in [0.15, 0.2) is 17.8 Å². The zero-order chi connectivity index (χ0) is 22.4. The molecule has 170 valence electrons. The Morgan fingerprint density at radius 1 is 1.32 bits per heavy atom. The molecule has 0 aliphatic carbocycles. The van der Waals surface area contributed by atoms with Crippen molar-refractivity contribution in [3.05, 3.63) is 22.8 Å². The SMILES string of the molecule is CCCC(=O)CCC1=C(C)c2cc(OCCN3CCOCC3)c(O)c(C=O)c2OC1C. The summed E-state index contributed by atoms with van der Waals surface area (Å²) in [7, 11) is 0. The zero-order valence-electron chi connectivity index (χ0n) is 18.7. The van der Waals surface area contributed by atoms with E-state index in [1.165, 1.54) is 0 Å². The molecule has 1 N–H and O–H groups in total. The Kier molecular flexibility index (Phi) is 8.09. The molecule has 0 bridgehead atoms. The lowest BCUT2D eigenvalue weighted by Crippen LogP contribution is -2.38. The Hall–Kier alpha value is -2.38. The van der Waals surface area contributed by atoms with Crippen LogP contribution in [0.15, 0.2) is 11.6 Å². The number of Topliss-reactive ketones (excluding diaryl/α,β-unsaturated/α-hetero) is 1. The molecule has 31 heavy (non-hydrogen) atoms. The third-order valence-corrected chi connectivity index (χ3v) is 6.01. The smallest absolute Gasteiger partial charge is 0.172 e. The van der Waals surface area contributed by atoms with E-state index in [1.807, 2.05) is 20.8 Å². The van der Waals surface area contributed by atoms with Crippen LogP contribution in [-0.4, -0.2) is 67.6 Å². The molecule has 0 radical (unpaired) electrons. The number of nitrogens with zero attached hydrogens (tertiary/aromatic N) is 1. The molecule has 1 unspecified atom stereocenters. The molecule has 2 aliphatic heterocycles. The number of allylic oxidation sites excluding steroid dienone is 1. The molecule has 1 fully saturated rings. The number of phenols is 1. The van der Waals surface area contributed by atoms with Gasteiger partial charge in [0.05, 0.1) is 13.2 Å². The molecule has 0 spiro atoms. The standard InChI is InChI=1S/C24H33NO6/c1-4-5-18(27)6-7-19-16(2)20-14-22(30-13-10-25-8-11-29-12-9-25)23(28)21(15-26)24(20)31-17(19)3/h14-15,17,28H,4-13H2,1-3H3. The lowest BCUT2D eigenvalue weighted by atomic mass is 9.89. The highest BCUT2D eigenvalue weighted by atomic mass is 16.5. The van der Waals surface area contributed by atoms with E-state index >= 15 is 0 Å². The number of carbonyl (C=O) groups excluding carboxylic acids is 2. The summed E-state index contributed by atoms with van der Waals surface area (Å²) < 4.78 is 17.2. The first-order valence-electron chi connectivity index (χ1n) is 11.1. The maximum Gasteiger partial charge on any atom is 0.172 e. The van der Waals surface area contributed by atoms with Crippen LogP contribution in [0.3, 0.4) is 0 Å². The molecular formula is C24H33NO6. The number of morpholine rings is 1. The molecule has 0 aromatic heterocycles. The summed E-state index contributed by atoms with van der Waals surface area (Å²) in [6, 6.07) is 1.74. The Labute approximate surface area is 184 Å². The fourth-order valence-electron chi connectivity index (χ4n) is 4.18. The van der Waals surface area contributed by atoms with Gasteiger partial charge in [-0.15, -0.1) is 0 Å². The van der Waals surface area contributed by atoms with Crippen molar-refractivity contribution in [1.82, 2.24) is 4.90 Å². The summed E-state index contributed by atoms with van der Waals surface area (Å²) in [5.41, 5.74) is 2.85. The maximum absolute atomic E-state index is 12.0. The van der Waals surface area contributed by atoms with Gasteiger partial charge in [0, 0.05) is 38.0 Å². The van der Waals surface area contributed by atoms with Crippen molar-refractivity contribution >= 4 is 17.6 Å². The van der Waals surface area contributed by atoms with E-state index < -0.39 is 0 Å². The summed E-state index contributed by atoms with van der Waals surface area (Å²) in [5, 5.41) is 10.6. The Balaban J connectivity index is 1.81. The largest absolute Gasteiger partial charge is 0.504 e. The van der Waals surface area contributed by atoms with Crippen LogP contribution in [-0.2, 0) is 9.53 Å². The molecular weight excluding hydrogens is 398 g/mol. The van der Waals surface area contributed by atoms with Crippen molar-refractivity contribution in [2.24, 2.45) is 0 Å². The molecule has 1 saturated heterocycles. The average molecular weight is 432 g/mol. The number of rotatable bonds is 10. The fraction of sp³-hybridized carbons (Fsp3) is 0.583. The molecule has 2 aliphatic rings. The van der Waals surface area contributed by atoms with E-state index in [2.05, 4.69) is 4.90 Å². The molecule has 0 amide bonds.